The maximum atomic E-state index is 12.8. The molecule has 2 aromatic rings. The van der Waals surface area contributed by atoms with Gasteiger partial charge in [0, 0.05) is 12.4 Å². The van der Waals surface area contributed by atoms with Crippen molar-refractivity contribution in [1.29, 1.82) is 0 Å². The van der Waals surface area contributed by atoms with E-state index in [2.05, 4.69) is 10.4 Å². The van der Waals surface area contributed by atoms with Crippen molar-refractivity contribution in [3.63, 3.8) is 0 Å². The van der Waals surface area contributed by atoms with E-state index < -0.39 is 0 Å². The van der Waals surface area contributed by atoms with E-state index in [1.54, 1.807) is 24.5 Å². The molecule has 82 valence electrons. The van der Waals surface area contributed by atoms with Crippen LogP contribution in [0.4, 0.5) is 4.39 Å². The SMILES string of the molecule is NNC(c1ccc(F)cc1)c1cccnc1. The van der Waals surface area contributed by atoms with Crippen LogP contribution in [0, 0.1) is 5.82 Å². The molecule has 1 unspecified atom stereocenters. The van der Waals surface area contributed by atoms with Crippen LogP contribution in [0.15, 0.2) is 48.8 Å². The summed E-state index contributed by atoms with van der Waals surface area (Å²) in [6.45, 7) is 0. The molecule has 1 aromatic heterocycles. The lowest BCUT2D eigenvalue weighted by atomic mass is 10.0. The van der Waals surface area contributed by atoms with Gasteiger partial charge < -0.3 is 0 Å². The standard InChI is InChI=1S/C12H12FN3/c13-11-5-3-9(4-6-11)12(16-14)10-2-1-7-15-8-10/h1-8,12,16H,14H2. The molecule has 0 spiro atoms. The zero-order valence-corrected chi connectivity index (χ0v) is 8.60. The van der Waals surface area contributed by atoms with Gasteiger partial charge in [0.15, 0.2) is 0 Å². The minimum atomic E-state index is -0.259. The summed E-state index contributed by atoms with van der Waals surface area (Å²) < 4.78 is 12.8. The minimum absolute atomic E-state index is 0.172. The van der Waals surface area contributed by atoms with Crippen LogP contribution >= 0.6 is 0 Å². The highest BCUT2D eigenvalue weighted by Crippen LogP contribution is 2.20. The van der Waals surface area contributed by atoms with Gasteiger partial charge in [0.25, 0.3) is 0 Å². The monoisotopic (exact) mass is 217 g/mol. The number of nitrogens with one attached hydrogen (secondary N) is 1. The van der Waals surface area contributed by atoms with Crippen molar-refractivity contribution in [2.45, 2.75) is 6.04 Å². The molecule has 0 saturated heterocycles. The van der Waals surface area contributed by atoms with Crippen molar-refractivity contribution in [3.8, 4) is 0 Å². The molecule has 1 atom stereocenters. The molecule has 0 aliphatic carbocycles. The Morgan fingerprint density at radius 3 is 2.44 bits per heavy atom. The Labute approximate surface area is 93.1 Å². The summed E-state index contributed by atoms with van der Waals surface area (Å²) in [5.41, 5.74) is 4.53. The summed E-state index contributed by atoms with van der Waals surface area (Å²) in [4.78, 5) is 4.03. The molecule has 0 bridgehead atoms. The maximum absolute atomic E-state index is 12.8. The molecule has 3 nitrogen and oxygen atoms in total. The van der Waals surface area contributed by atoms with E-state index >= 15 is 0 Å². The predicted molar refractivity (Wildman–Crippen MR) is 59.8 cm³/mol. The van der Waals surface area contributed by atoms with Crippen LogP contribution in [0.25, 0.3) is 0 Å². The third kappa shape index (κ3) is 2.24. The summed E-state index contributed by atoms with van der Waals surface area (Å²) in [5, 5.41) is 0. The molecule has 0 saturated carbocycles. The fourth-order valence-electron chi connectivity index (χ4n) is 1.59. The Hall–Kier alpha value is -1.78. The van der Waals surface area contributed by atoms with Crippen molar-refractivity contribution in [2.75, 3.05) is 0 Å². The van der Waals surface area contributed by atoms with Crippen LogP contribution in [0.2, 0.25) is 0 Å². The van der Waals surface area contributed by atoms with E-state index in [9.17, 15) is 4.39 Å². The number of pyridine rings is 1. The zero-order chi connectivity index (χ0) is 11.4. The summed E-state index contributed by atoms with van der Waals surface area (Å²) >= 11 is 0. The molecule has 16 heavy (non-hydrogen) atoms. The molecule has 0 aliphatic rings. The normalized spacial score (nSPS) is 12.4. The smallest absolute Gasteiger partial charge is 0.123 e. The second-order valence-electron chi connectivity index (χ2n) is 3.44. The first kappa shape index (κ1) is 10.7. The summed E-state index contributed by atoms with van der Waals surface area (Å²) in [7, 11) is 0. The topological polar surface area (TPSA) is 50.9 Å². The van der Waals surface area contributed by atoms with Crippen LogP contribution in [-0.4, -0.2) is 4.98 Å². The summed E-state index contributed by atoms with van der Waals surface area (Å²) in [6, 6.07) is 9.81. The number of hydrogen-bond acceptors (Lipinski definition) is 3. The van der Waals surface area contributed by atoms with Gasteiger partial charge in [0.2, 0.25) is 0 Å². The lowest BCUT2D eigenvalue weighted by Crippen LogP contribution is -2.28. The highest BCUT2D eigenvalue weighted by atomic mass is 19.1. The van der Waals surface area contributed by atoms with E-state index in [-0.39, 0.29) is 11.9 Å². The number of hydrazine groups is 1. The van der Waals surface area contributed by atoms with E-state index in [4.69, 9.17) is 5.84 Å². The van der Waals surface area contributed by atoms with Gasteiger partial charge in [-0.15, -0.1) is 0 Å². The van der Waals surface area contributed by atoms with Gasteiger partial charge in [-0.3, -0.25) is 10.8 Å². The zero-order valence-electron chi connectivity index (χ0n) is 8.60. The average Bonchev–Trinajstić information content (AvgIpc) is 2.34. The fourth-order valence-corrected chi connectivity index (χ4v) is 1.59. The second kappa shape index (κ2) is 4.83. The molecule has 1 heterocycles. The van der Waals surface area contributed by atoms with Gasteiger partial charge in [0.1, 0.15) is 5.82 Å². The number of rotatable bonds is 3. The number of halogens is 1. The summed E-state index contributed by atoms with van der Waals surface area (Å²) in [5.74, 6) is 5.24. The van der Waals surface area contributed by atoms with Gasteiger partial charge in [-0.25, -0.2) is 9.82 Å². The lowest BCUT2D eigenvalue weighted by molar-refractivity contribution is 0.615. The quantitative estimate of drug-likeness (QED) is 0.608. The molecule has 4 heteroatoms. The highest BCUT2D eigenvalue weighted by Gasteiger charge is 2.11. The Morgan fingerprint density at radius 2 is 1.88 bits per heavy atom. The van der Waals surface area contributed by atoms with Crippen molar-refractivity contribution in [1.82, 2.24) is 10.4 Å². The van der Waals surface area contributed by atoms with E-state index in [1.807, 2.05) is 12.1 Å². The fraction of sp³-hybridized carbons (Fsp3) is 0.0833. The van der Waals surface area contributed by atoms with Crippen molar-refractivity contribution >= 4 is 0 Å². The Bertz CT molecular complexity index is 442. The third-order valence-corrected chi connectivity index (χ3v) is 2.39. The van der Waals surface area contributed by atoms with Gasteiger partial charge in [-0.05, 0) is 29.3 Å². The molecule has 0 radical (unpaired) electrons. The van der Waals surface area contributed by atoms with E-state index in [0.717, 1.165) is 11.1 Å². The van der Waals surface area contributed by atoms with E-state index in [1.165, 1.54) is 12.1 Å². The number of benzene rings is 1. The molecule has 1 aromatic carbocycles. The number of aromatic nitrogens is 1. The number of nitrogens with two attached hydrogens (primary N) is 1. The predicted octanol–water partition coefficient (Wildman–Crippen LogP) is 1.77. The van der Waals surface area contributed by atoms with Gasteiger partial charge in [-0.1, -0.05) is 18.2 Å². The Kier molecular flexibility index (Phi) is 3.24. The summed E-state index contributed by atoms with van der Waals surface area (Å²) in [6.07, 6.45) is 3.43. The number of nitrogens with zero attached hydrogens (tertiary/aromatic N) is 1. The van der Waals surface area contributed by atoms with Crippen LogP contribution in [0.3, 0.4) is 0 Å². The molecular weight excluding hydrogens is 205 g/mol. The van der Waals surface area contributed by atoms with Crippen molar-refractivity contribution < 1.29 is 4.39 Å². The van der Waals surface area contributed by atoms with Crippen molar-refractivity contribution in [2.24, 2.45) is 5.84 Å². The van der Waals surface area contributed by atoms with Crippen LogP contribution < -0.4 is 11.3 Å². The first-order chi connectivity index (χ1) is 7.81. The molecule has 0 fully saturated rings. The first-order valence-corrected chi connectivity index (χ1v) is 4.93. The Balaban J connectivity index is 2.33. The highest BCUT2D eigenvalue weighted by molar-refractivity contribution is 5.29. The second-order valence-corrected chi connectivity index (χ2v) is 3.44. The first-order valence-electron chi connectivity index (χ1n) is 4.93. The van der Waals surface area contributed by atoms with Gasteiger partial charge in [-0.2, -0.15) is 0 Å². The molecule has 0 aliphatic heterocycles. The maximum Gasteiger partial charge on any atom is 0.123 e. The molecular formula is C12H12FN3. The molecule has 2 rings (SSSR count). The Morgan fingerprint density at radius 1 is 1.12 bits per heavy atom. The van der Waals surface area contributed by atoms with Crippen LogP contribution in [0.5, 0.6) is 0 Å². The van der Waals surface area contributed by atoms with Crippen LogP contribution in [0.1, 0.15) is 17.2 Å². The third-order valence-electron chi connectivity index (χ3n) is 2.39. The average molecular weight is 217 g/mol. The van der Waals surface area contributed by atoms with Crippen LogP contribution in [-0.2, 0) is 0 Å². The lowest BCUT2D eigenvalue weighted by Gasteiger charge is -2.16. The van der Waals surface area contributed by atoms with Gasteiger partial charge >= 0.3 is 0 Å². The largest absolute Gasteiger partial charge is 0.271 e. The van der Waals surface area contributed by atoms with E-state index in [0.29, 0.717) is 0 Å². The number of hydrogen-bond donors (Lipinski definition) is 2. The van der Waals surface area contributed by atoms with Crippen molar-refractivity contribution in [3.05, 3.63) is 65.7 Å². The molecule has 3 N–H and O–H groups in total. The minimum Gasteiger partial charge on any atom is -0.271 e. The van der Waals surface area contributed by atoms with Gasteiger partial charge in [0.05, 0.1) is 6.04 Å². The molecule has 0 amide bonds.